The van der Waals surface area contributed by atoms with Gasteiger partial charge in [0.15, 0.2) is 10.2 Å². The Hall–Kier alpha value is -1.93. The summed E-state index contributed by atoms with van der Waals surface area (Å²) < 4.78 is 5.72. The molecule has 0 spiro atoms. The van der Waals surface area contributed by atoms with Crippen molar-refractivity contribution in [2.75, 3.05) is 17.7 Å². The number of rotatable bonds is 5. The molecule has 1 aromatic heterocycles. The van der Waals surface area contributed by atoms with E-state index < -0.39 is 0 Å². The number of carbonyl (C=O) groups is 3. The number of fused-ring (bicyclic) bond motifs is 1. The number of amides is 1. The highest BCUT2D eigenvalue weighted by molar-refractivity contribution is 8.14. The van der Waals surface area contributed by atoms with Gasteiger partial charge >= 0.3 is 5.97 Å². The molecule has 0 aliphatic heterocycles. The standard InChI is InChI=1S/C14H14N2O4S2/c1-3-20-13(19)9-4-5-10-11(6-9)22-14(15-10)16-12(18)7-21-8(2)17/h4-6H,3,7H2,1-2H3,(H,15,16,18). The number of anilines is 1. The first-order valence-electron chi connectivity index (χ1n) is 6.50. The fraction of sp³-hybridized carbons (Fsp3) is 0.286. The Morgan fingerprint density at radius 2 is 2.14 bits per heavy atom. The van der Waals surface area contributed by atoms with Gasteiger partial charge in [-0.1, -0.05) is 23.1 Å². The van der Waals surface area contributed by atoms with Crippen LogP contribution in [0.25, 0.3) is 10.2 Å². The summed E-state index contributed by atoms with van der Waals surface area (Å²) >= 11 is 2.21. The van der Waals surface area contributed by atoms with Crippen molar-refractivity contribution in [3.05, 3.63) is 23.8 Å². The van der Waals surface area contributed by atoms with Crippen molar-refractivity contribution in [1.29, 1.82) is 0 Å². The molecule has 0 aliphatic rings. The van der Waals surface area contributed by atoms with E-state index in [4.69, 9.17) is 4.74 Å². The highest BCUT2D eigenvalue weighted by Crippen LogP contribution is 2.27. The lowest BCUT2D eigenvalue weighted by molar-refractivity contribution is -0.114. The SMILES string of the molecule is CCOC(=O)c1ccc2nc(NC(=O)CSC(C)=O)sc2c1. The zero-order chi connectivity index (χ0) is 16.1. The normalized spacial score (nSPS) is 10.5. The fourth-order valence-electron chi connectivity index (χ4n) is 1.64. The molecule has 0 aliphatic carbocycles. The van der Waals surface area contributed by atoms with Crippen LogP contribution in [0.4, 0.5) is 5.13 Å². The van der Waals surface area contributed by atoms with E-state index in [9.17, 15) is 14.4 Å². The van der Waals surface area contributed by atoms with Crippen molar-refractivity contribution in [3.8, 4) is 0 Å². The van der Waals surface area contributed by atoms with Gasteiger partial charge in [0.25, 0.3) is 0 Å². The molecule has 0 atom stereocenters. The molecule has 1 aromatic carbocycles. The van der Waals surface area contributed by atoms with Crippen molar-refractivity contribution in [3.63, 3.8) is 0 Å². The van der Waals surface area contributed by atoms with Gasteiger partial charge in [0.05, 0.1) is 28.1 Å². The van der Waals surface area contributed by atoms with Gasteiger partial charge in [0.1, 0.15) is 0 Å². The maximum Gasteiger partial charge on any atom is 0.338 e. The molecule has 0 radical (unpaired) electrons. The molecule has 1 amide bonds. The van der Waals surface area contributed by atoms with Crippen molar-refractivity contribution in [1.82, 2.24) is 4.98 Å². The molecule has 2 rings (SSSR count). The summed E-state index contributed by atoms with van der Waals surface area (Å²) in [4.78, 5) is 38.4. The molecule has 116 valence electrons. The van der Waals surface area contributed by atoms with Gasteiger partial charge in [-0.25, -0.2) is 9.78 Å². The average Bonchev–Trinajstić information content (AvgIpc) is 2.86. The van der Waals surface area contributed by atoms with Crippen molar-refractivity contribution in [2.45, 2.75) is 13.8 Å². The second-order valence-corrected chi connectivity index (χ2v) is 6.43. The fourth-order valence-corrected chi connectivity index (χ4v) is 2.97. The van der Waals surface area contributed by atoms with E-state index in [1.165, 1.54) is 18.3 Å². The summed E-state index contributed by atoms with van der Waals surface area (Å²) in [5.74, 6) is -0.620. The number of hydrogen-bond donors (Lipinski definition) is 1. The van der Waals surface area contributed by atoms with Crippen LogP contribution in [0.5, 0.6) is 0 Å². The van der Waals surface area contributed by atoms with Gasteiger partial charge in [-0.3, -0.25) is 9.59 Å². The van der Waals surface area contributed by atoms with E-state index in [0.29, 0.717) is 22.8 Å². The van der Waals surface area contributed by atoms with Gasteiger partial charge < -0.3 is 10.1 Å². The number of esters is 1. The lowest BCUT2D eigenvalue weighted by atomic mass is 10.2. The van der Waals surface area contributed by atoms with Crippen LogP contribution >= 0.6 is 23.1 Å². The molecule has 8 heteroatoms. The molecular formula is C14H14N2O4S2. The van der Waals surface area contributed by atoms with Crippen molar-refractivity contribution in [2.24, 2.45) is 0 Å². The zero-order valence-corrected chi connectivity index (χ0v) is 13.7. The van der Waals surface area contributed by atoms with Crippen LogP contribution < -0.4 is 5.32 Å². The number of ether oxygens (including phenoxy) is 1. The molecule has 22 heavy (non-hydrogen) atoms. The van der Waals surface area contributed by atoms with E-state index >= 15 is 0 Å². The van der Waals surface area contributed by atoms with Gasteiger partial charge in [-0.2, -0.15) is 0 Å². The number of benzene rings is 1. The molecule has 6 nitrogen and oxygen atoms in total. The van der Waals surface area contributed by atoms with E-state index in [2.05, 4.69) is 10.3 Å². The maximum atomic E-state index is 11.7. The monoisotopic (exact) mass is 338 g/mol. The maximum absolute atomic E-state index is 11.7. The Morgan fingerprint density at radius 3 is 2.82 bits per heavy atom. The topological polar surface area (TPSA) is 85.4 Å². The summed E-state index contributed by atoms with van der Waals surface area (Å²) in [5.41, 5.74) is 1.13. The highest BCUT2D eigenvalue weighted by atomic mass is 32.2. The second kappa shape index (κ2) is 7.37. The first kappa shape index (κ1) is 16.4. The lowest BCUT2D eigenvalue weighted by Gasteiger charge is -2.00. The number of carbonyl (C=O) groups excluding carboxylic acids is 3. The molecule has 1 N–H and O–H groups in total. The number of nitrogens with one attached hydrogen (secondary N) is 1. The quantitative estimate of drug-likeness (QED) is 0.844. The minimum absolute atomic E-state index is 0.0549. The molecule has 0 saturated carbocycles. The largest absolute Gasteiger partial charge is 0.462 e. The highest BCUT2D eigenvalue weighted by Gasteiger charge is 2.12. The molecule has 2 aromatic rings. The summed E-state index contributed by atoms with van der Waals surface area (Å²) in [5, 5.41) is 2.96. The number of thioether (sulfide) groups is 1. The first-order valence-corrected chi connectivity index (χ1v) is 8.30. The second-order valence-electron chi connectivity index (χ2n) is 4.25. The number of thiazole rings is 1. The van der Waals surface area contributed by atoms with E-state index in [0.717, 1.165) is 16.5 Å². The molecule has 1 heterocycles. The van der Waals surface area contributed by atoms with Gasteiger partial charge in [0, 0.05) is 6.92 Å². The van der Waals surface area contributed by atoms with Crippen molar-refractivity contribution < 1.29 is 19.1 Å². The molecule has 0 unspecified atom stereocenters. The summed E-state index contributed by atoms with van der Waals surface area (Å²) in [6.07, 6.45) is 0. The Morgan fingerprint density at radius 1 is 1.36 bits per heavy atom. The molecular weight excluding hydrogens is 324 g/mol. The summed E-state index contributed by atoms with van der Waals surface area (Å²) in [6.45, 7) is 3.47. The summed E-state index contributed by atoms with van der Waals surface area (Å²) in [7, 11) is 0. The van der Waals surface area contributed by atoms with Crippen LogP contribution in [-0.4, -0.2) is 34.3 Å². The third kappa shape index (κ3) is 4.28. The third-order valence-corrected chi connectivity index (χ3v) is 4.30. The van der Waals surface area contributed by atoms with Gasteiger partial charge in [0.2, 0.25) is 5.91 Å². The predicted octanol–water partition coefficient (Wildman–Crippen LogP) is 2.69. The number of nitrogens with zero attached hydrogens (tertiary/aromatic N) is 1. The van der Waals surface area contributed by atoms with Crippen LogP contribution in [0.2, 0.25) is 0 Å². The van der Waals surface area contributed by atoms with Gasteiger partial charge in [-0.05, 0) is 25.1 Å². The predicted molar refractivity (Wildman–Crippen MR) is 87.3 cm³/mol. The zero-order valence-electron chi connectivity index (χ0n) is 12.0. The Labute approximate surface area is 135 Å². The Kier molecular flexibility index (Phi) is 5.51. The molecule has 0 bridgehead atoms. The van der Waals surface area contributed by atoms with E-state index in [1.54, 1.807) is 25.1 Å². The van der Waals surface area contributed by atoms with Crippen LogP contribution in [0, 0.1) is 0 Å². The van der Waals surface area contributed by atoms with E-state index in [-0.39, 0.29) is 22.7 Å². The van der Waals surface area contributed by atoms with Crippen LogP contribution in [0.1, 0.15) is 24.2 Å². The minimum atomic E-state index is -0.388. The lowest BCUT2D eigenvalue weighted by Crippen LogP contribution is -2.14. The minimum Gasteiger partial charge on any atom is -0.462 e. The van der Waals surface area contributed by atoms with Crippen LogP contribution in [0.15, 0.2) is 18.2 Å². The number of hydrogen-bond acceptors (Lipinski definition) is 7. The molecule has 0 saturated heterocycles. The first-order chi connectivity index (χ1) is 10.5. The third-order valence-electron chi connectivity index (χ3n) is 2.55. The Balaban J connectivity index is 2.11. The molecule has 0 fully saturated rings. The number of aromatic nitrogens is 1. The smallest absolute Gasteiger partial charge is 0.338 e. The average molecular weight is 338 g/mol. The van der Waals surface area contributed by atoms with Crippen molar-refractivity contribution >= 4 is 55.4 Å². The summed E-state index contributed by atoms with van der Waals surface area (Å²) in [6, 6.07) is 5.03. The van der Waals surface area contributed by atoms with Crippen LogP contribution in [0.3, 0.4) is 0 Å². The Bertz CT molecular complexity index is 727. The van der Waals surface area contributed by atoms with Gasteiger partial charge in [-0.15, -0.1) is 0 Å². The van der Waals surface area contributed by atoms with E-state index in [1.807, 2.05) is 0 Å². The van der Waals surface area contributed by atoms with Crippen LogP contribution in [-0.2, 0) is 14.3 Å².